The summed E-state index contributed by atoms with van der Waals surface area (Å²) in [7, 11) is -3.23. The van der Waals surface area contributed by atoms with Gasteiger partial charge in [-0.25, -0.2) is 0 Å². The number of hydrogen-bond acceptors (Lipinski definition) is 1. The molecule has 0 saturated heterocycles. The van der Waals surface area contributed by atoms with Crippen LogP contribution in [0.5, 0.6) is 0 Å². The van der Waals surface area contributed by atoms with Gasteiger partial charge in [-0.05, 0) is 197 Å². The number of anilines is 3. The number of fused-ring (bicyclic) bond motifs is 14. The van der Waals surface area contributed by atoms with Crippen molar-refractivity contribution in [1.82, 2.24) is 9.13 Å². The average molecular weight is 1210 g/mol. The van der Waals surface area contributed by atoms with E-state index in [1.807, 2.05) is 0 Å². The molecule has 0 saturated carbocycles. The molecule has 0 aliphatic carbocycles. The van der Waals surface area contributed by atoms with Gasteiger partial charge in [0.1, 0.15) is 0 Å². The van der Waals surface area contributed by atoms with Crippen LogP contribution in [0.3, 0.4) is 0 Å². The number of aromatic nitrogens is 2. The van der Waals surface area contributed by atoms with E-state index in [1.54, 1.807) is 15.6 Å². The van der Waals surface area contributed by atoms with Gasteiger partial charge in [-0.15, -0.1) is 0 Å². The normalized spacial score (nSPS) is 15.1. The predicted octanol–water partition coefficient (Wildman–Crippen LogP) is 18.5. The van der Waals surface area contributed by atoms with Crippen LogP contribution in [0.2, 0.25) is 0 Å². The van der Waals surface area contributed by atoms with E-state index in [4.69, 9.17) is 0 Å². The average Bonchev–Trinajstić information content (AvgIpc) is 1.52. The second-order valence-electron chi connectivity index (χ2n) is 36.4. The molecule has 462 valence electrons. The molecule has 0 bridgehead atoms. The van der Waals surface area contributed by atoms with Crippen LogP contribution in [0.15, 0.2) is 146 Å². The van der Waals surface area contributed by atoms with E-state index < -0.39 is 8.07 Å². The number of nitrogens with zero attached hydrogens (tertiary/aromatic N) is 3. The quantitative estimate of drug-likeness (QED) is 0.161. The second-order valence-corrected chi connectivity index (χ2v) is 40.1. The molecule has 6 heterocycles. The molecule has 3 nitrogen and oxygen atoms in total. The zero-order valence-corrected chi connectivity index (χ0v) is 60.3. The topological polar surface area (TPSA) is 13.1 Å². The van der Waals surface area contributed by atoms with Crippen molar-refractivity contribution in [3.63, 3.8) is 0 Å². The molecule has 9 aromatic carbocycles. The molecule has 0 atom stereocenters. The molecule has 1 spiro atoms. The van der Waals surface area contributed by atoms with Gasteiger partial charge in [0.15, 0.2) is 8.07 Å². The maximum absolute atomic E-state index is 3.23. The van der Waals surface area contributed by atoms with Crippen molar-refractivity contribution in [2.24, 2.45) is 0 Å². The molecule has 0 amide bonds. The Morgan fingerprint density at radius 2 is 0.791 bits per heavy atom. The highest BCUT2D eigenvalue weighted by Gasteiger charge is 2.57. The summed E-state index contributed by atoms with van der Waals surface area (Å²) in [6, 6.07) is 61.0. The summed E-state index contributed by atoms with van der Waals surface area (Å²) in [6.45, 7) is 57.5. The van der Waals surface area contributed by atoms with Crippen LogP contribution < -0.4 is 42.0 Å². The Bertz CT molecular complexity index is 4920. The van der Waals surface area contributed by atoms with Crippen molar-refractivity contribution >= 4 is 113 Å². The summed E-state index contributed by atoms with van der Waals surface area (Å²) in [4.78, 5) is 2.66. The first-order valence-corrected chi connectivity index (χ1v) is 36.0. The largest absolute Gasteiger partial charge is 0.310 e. The third-order valence-corrected chi connectivity index (χ3v) is 26.7. The maximum Gasteiger partial charge on any atom is 0.252 e. The molecule has 0 radical (unpaired) electrons. The highest BCUT2D eigenvalue weighted by atomic mass is 28.3. The van der Waals surface area contributed by atoms with Gasteiger partial charge >= 0.3 is 0 Å². The van der Waals surface area contributed by atoms with E-state index in [0.717, 1.165) is 0 Å². The Labute approximate surface area is 545 Å². The Morgan fingerprint density at radius 3 is 1.34 bits per heavy atom. The molecular formula is C86H96BN3Si. The lowest BCUT2D eigenvalue weighted by Crippen LogP contribution is -2.77. The first-order valence-electron chi connectivity index (χ1n) is 34.0. The fraction of sp³-hybridized carbons (Fsp3) is 0.372. The van der Waals surface area contributed by atoms with Gasteiger partial charge in [0.05, 0.1) is 22.2 Å². The molecule has 5 heteroatoms. The fourth-order valence-corrected chi connectivity index (χ4v) is 22.1. The van der Waals surface area contributed by atoms with Crippen LogP contribution in [0.1, 0.15) is 211 Å². The van der Waals surface area contributed by atoms with Crippen LogP contribution in [0.4, 0.5) is 17.1 Å². The van der Waals surface area contributed by atoms with Gasteiger partial charge in [-0.2, -0.15) is 0 Å². The van der Waals surface area contributed by atoms with Crippen molar-refractivity contribution in [1.29, 1.82) is 0 Å². The standard InChI is InChI=1S/C86H96BN3Si/c1-79(2,3)49-26-25-27-57(39-49)88(58-40-53(83(13,14)15)38-54(41-58)84(16,17)18)67-35-33-64-77-73(67)63-42-50(80(4,5)6)30-34-66(63)89(77)68-36-37-69-78-74(68)87(64)65-45-55(85(19,20)21)43-61-62-44-56(86(22,23)24)48-72(76(62)90(78)75(61)65)91(69)70-46-51(81(7,8)9)28-31-59(70)60-32-29-52(47-71(60)91)82(10,11)12/h25-48H,1-24H3. The van der Waals surface area contributed by atoms with Crippen molar-refractivity contribution < 1.29 is 0 Å². The number of rotatable bonds is 3. The lowest BCUT2D eigenvalue weighted by molar-refractivity contribution is 0.568. The SMILES string of the molecule is CC(C)(C)c1cccc(N(c2cc(C(C)(C)C)cc(C(C)(C)C)c2)c2ccc3c4c2c2cc(C(C)(C)C)ccc2n4-c2ccc4c5c2B3c2cc(C(C)(C)C)cc3c6cc(C(C)(C)C)cc(c6n-5c23)[Si]42c3cc(C(C)(C)C)ccc3-c3ccc(C(C)(C)C)cc32)c1. The minimum absolute atomic E-state index is 0.0545. The Kier molecular flexibility index (Phi) is 12.2. The minimum Gasteiger partial charge on any atom is -0.310 e. The van der Waals surface area contributed by atoms with E-state index in [0.29, 0.717) is 0 Å². The zero-order valence-electron chi connectivity index (χ0n) is 59.3. The molecule has 91 heavy (non-hydrogen) atoms. The number of benzene rings is 9. The summed E-state index contributed by atoms with van der Waals surface area (Å²) >= 11 is 0. The Morgan fingerprint density at radius 1 is 0.330 bits per heavy atom. The summed E-state index contributed by atoms with van der Waals surface area (Å²) in [5.41, 5.74) is 29.0. The molecule has 0 fully saturated rings. The molecule has 11 aromatic rings. The van der Waals surface area contributed by atoms with E-state index in [-0.39, 0.29) is 50.0 Å². The van der Waals surface area contributed by atoms with Crippen LogP contribution in [-0.2, 0) is 43.3 Å². The maximum atomic E-state index is 2.86. The van der Waals surface area contributed by atoms with Crippen LogP contribution in [0.25, 0.3) is 66.1 Å². The smallest absolute Gasteiger partial charge is 0.252 e. The molecule has 4 aliphatic heterocycles. The summed E-state index contributed by atoms with van der Waals surface area (Å²) in [6.07, 6.45) is 0. The van der Waals surface area contributed by atoms with E-state index in [9.17, 15) is 0 Å². The molecule has 4 aliphatic rings. The van der Waals surface area contributed by atoms with E-state index >= 15 is 0 Å². The van der Waals surface area contributed by atoms with E-state index in [2.05, 4.69) is 326 Å². The minimum atomic E-state index is -3.23. The summed E-state index contributed by atoms with van der Waals surface area (Å²) in [5.74, 6) is 0. The second kappa shape index (κ2) is 18.5. The van der Waals surface area contributed by atoms with Gasteiger partial charge in [-0.3, -0.25) is 0 Å². The lowest BCUT2D eigenvalue weighted by Gasteiger charge is -2.43. The van der Waals surface area contributed by atoms with Gasteiger partial charge in [0, 0.05) is 49.8 Å². The Balaban J connectivity index is 1.16. The monoisotopic (exact) mass is 1210 g/mol. The molecule has 2 aromatic heterocycles. The van der Waals surface area contributed by atoms with Crippen molar-refractivity contribution in [3.05, 3.63) is 190 Å². The third-order valence-electron chi connectivity index (χ3n) is 21.9. The number of hydrogen-bond donors (Lipinski definition) is 0. The first-order chi connectivity index (χ1) is 42.2. The van der Waals surface area contributed by atoms with Gasteiger partial charge in [-0.1, -0.05) is 251 Å². The molecule has 15 rings (SSSR count). The van der Waals surface area contributed by atoms with Crippen molar-refractivity contribution in [3.8, 4) is 22.5 Å². The highest BCUT2D eigenvalue weighted by Crippen LogP contribution is 2.50. The summed E-state index contributed by atoms with van der Waals surface area (Å²) in [5, 5.41) is 11.5. The lowest BCUT2D eigenvalue weighted by atomic mass is 9.34. The highest BCUT2D eigenvalue weighted by molar-refractivity contribution is 7.24. The van der Waals surface area contributed by atoms with Gasteiger partial charge in [0.2, 0.25) is 0 Å². The predicted molar refractivity (Wildman–Crippen MR) is 400 cm³/mol. The first kappa shape index (κ1) is 59.9. The van der Waals surface area contributed by atoms with Gasteiger partial charge in [0.25, 0.3) is 6.71 Å². The zero-order chi connectivity index (χ0) is 65.1. The van der Waals surface area contributed by atoms with Crippen LogP contribution in [0, 0.1) is 0 Å². The van der Waals surface area contributed by atoms with E-state index in [1.165, 1.54) is 149 Å². The Hall–Kier alpha value is -7.34. The van der Waals surface area contributed by atoms with Crippen molar-refractivity contribution in [2.45, 2.75) is 209 Å². The van der Waals surface area contributed by atoms with Crippen LogP contribution >= 0.6 is 0 Å². The van der Waals surface area contributed by atoms with Crippen LogP contribution in [-0.4, -0.2) is 23.9 Å². The molecule has 0 unspecified atom stereocenters. The molecular weight excluding hydrogens is 1110 g/mol. The summed E-state index contributed by atoms with van der Waals surface area (Å²) < 4.78 is 5.61. The van der Waals surface area contributed by atoms with Gasteiger partial charge < -0.3 is 14.0 Å². The van der Waals surface area contributed by atoms with Crippen molar-refractivity contribution in [2.75, 3.05) is 4.90 Å². The molecule has 0 N–H and O–H groups in total. The third kappa shape index (κ3) is 8.49. The fourth-order valence-electron chi connectivity index (χ4n) is 16.4.